The van der Waals surface area contributed by atoms with Crippen molar-refractivity contribution in [2.24, 2.45) is 11.1 Å². The zero-order valence-electron chi connectivity index (χ0n) is 9.58. The van der Waals surface area contributed by atoms with E-state index in [9.17, 15) is 4.79 Å². The summed E-state index contributed by atoms with van der Waals surface area (Å²) < 4.78 is 4.94. The molecule has 0 atom stereocenters. The highest BCUT2D eigenvalue weighted by atomic mass is 16.3. The Morgan fingerprint density at radius 1 is 1.38 bits per heavy atom. The maximum Gasteiger partial charge on any atom is 0.166 e. The number of rotatable bonds is 4. The lowest BCUT2D eigenvalue weighted by Crippen LogP contribution is -2.35. The van der Waals surface area contributed by atoms with Crippen molar-refractivity contribution in [1.29, 1.82) is 0 Å². The van der Waals surface area contributed by atoms with E-state index in [1.54, 1.807) is 12.3 Å². The molecule has 1 saturated carbocycles. The second kappa shape index (κ2) is 4.83. The smallest absolute Gasteiger partial charge is 0.166 e. The molecule has 3 nitrogen and oxygen atoms in total. The van der Waals surface area contributed by atoms with E-state index in [1.165, 1.54) is 25.5 Å². The predicted octanol–water partition coefficient (Wildman–Crippen LogP) is 2.76. The number of ketones is 1. The maximum atomic E-state index is 12.0. The molecule has 0 radical (unpaired) electrons. The van der Waals surface area contributed by atoms with Crippen LogP contribution >= 0.6 is 0 Å². The number of nitrogens with two attached hydrogens (primary N) is 1. The molecule has 1 aromatic heterocycles. The van der Waals surface area contributed by atoms with Gasteiger partial charge < -0.3 is 10.2 Å². The Hall–Kier alpha value is -1.09. The van der Waals surface area contributed by atoms with Gasteiger partial charge in [0.05, 0.1) is 11.8 Å². The van der Waals surface area contributed by atoms with Gasteiger partial charge in [-0.1, -0.05) is 19.3 Å². The zero-order chi connectivity index (χ0) is 11.4. The molecule has 0 amide bonds. The second-order valence-electron chi connectivity index (χ2n) is 4.88. The summed E-state index contributed by atoms with van der Waals surface area (Å²) in [6, 6.07) is 1.73. The molecule has 0 unspecified atom stereocenters. The van der Waals surface area contributed by atoms with Crippen LogP contribution in [-0.2, 0) is 0 Å². The lowest BCUT2D eigenvalue weighted by molar-refractivity contribution is 0.0867. The Kier molecular flexibility index (Phi) is 3.44. The van der Waals surface area contributed by atoms with Crippen LogP contribution < -0.4 is 5.73 Å². The zero-order valence-corrected chi connectivity index (χ0v) is 9.58. The van der Waals surface area contributed by atoms with Crippen molar-refractivity contribution in [2.75, 3.05) is 6.54 Å². The Labute approximate surface area is 96.0 Å². The van der Waals surface area contributed by atoms with Gasteiger partial charge in [0.1, 0.15) is 6.26 Å². The number of carbonyl (C=O) groups is 1. The van der Waals surface area contributed by atoms with Crippen molar-refractivity contribution < 1.29 is 9.21 Å². The van der Waals surface area contributed by atoms with E-state index in [0.29, 0.717) is 18.5 Å². The molecule has 1 aromatic rings. The summed E-state index contributed by atoms with van der Waals surface area (Å²) in [4.78, 5) is 12.0. The van der Waals surface area contributed by atoms with Crippen molar-refractivity contribution in [3.63, 3.8) is 0 Å². The van der Waals surface area contributed by atoms with Gasteiger partial charge in [0.25, 0.3) is 0 Å². The van der Waals surface area contributed by atoms with E-state index >= 15 is 0 Å². The Bertz CT molecular complexity index is 337. The van der Waals surface area contributed by atoms with Crippen LogP contribution in [0.15, 0.2) is 23.0 Å². The van der Waals surface area contributed by atoms with Crippen LogP contribution in [0.3, 0.4) is 0 Å². The summed E-state index contributed by atoms with van der Waals surface area (Å²) in [6.45, 7) is 0.622. The second-order valence-corrected chi connectivity index (χ2v) is 4.88. The molecule has 2 rings (SSSR count). The van der Waals surface area contributed by atoms with Crippen LogP contribution in [0.25, 0.3) is 0 Å². The number of carbonyl (C=O) groups excluding carboxylic acids is 1. The standard InChI is InChI=1S/C13H19NO2/c14-10-13(5-2-1-3-6-13)8-12(15)11-4-7-16-9-11/h4,7,9H,1-3,5-6,8,10,14H2. The molecule has 3 heteroatoms. The van der Waals surface area contributed by atoms with Crippen LogP contribution in [0.2, 0.25) is 0 Å². The number of hydrogen-bond acceptors (Lipinski definition) is 3. The molecule has 0 aromatic carbocycles. The maximum absolute atomic E-state index is 12.0. The summed E-state index contributed by atoms with van der Waals surface area (Å²) in [5, 5.41) is 0. The van der Waals surface area contributed by atoms with E-state index in [0.717, 1.165) is 12.8 Å². The molecular weight excluding hydrogens is 202 g/mol. The van der Waals surface area contributed by atoms with Crippen LogP contribution in [0.5, 0.6) is 0 Å². The van der Waals surface area contributed by atoms with E-state index in [1.807, 2.05) is 0 Å². The van der Waals surface area contributed by atoms with E-state index in [-0.39, 0.29) is 11.2 Å². The van der Waals surface area contributed by atoms with Crippen LogP contribution in [0, 0.1) is 5.41 Å². The fourth-order valence-electron chi connectivity index (χ4n) is 2.62. The first-order valence-corrected chi connectivity index (χ1v) is 6.01. The van der Waals surface area contributed by atoms with Crippen molar-refractivity contribution in [3.05, 3.63) is 24.2 Å². The van der Waals surface area contributed by atoms with Gasteiger partial charge in [-0.25, -0.2) is 0 Å². The normalized spacial score (nSPS) is 19.6. The number of hydrogen-bond donors (Lipinski definition) is 1. The molecule has 0 saturated heterocycles. The minimum atomic E-state index is 0.0482. The summed E-state index contributed by atoms with van der Waals surface area (Å²) in [7, 11) is 0. The lowest BCUT2D eigenvalue weighted by Gasteiger charge is -2.35. The molecule has 1 heterocycles. The van der Waals surface area contributed by atoms with Crippen LogP contribution in [-0.4, -0.2) is 12.3 Å². The molecular formula is C13H19NO2. The van der Waals surface area contributed by atoms with Gasteiger partial charge in [-0.2, -0.15) is 0 Å². The monoisotopic (exact) mass is 221 g/mol. The molecule has 2 N–H and O–H groups in total. The van der Waals surface area contributed by atoms with Gasteiger partial charge in [0.2, 0.25) is 0 Å². The highest BCUT2D eigenvalue weighted by Crippen LogP contribution is 2.39. The van der Waals surface area contributed by atoms with Gasteiger partial charge in [-0.3, -0.25) is 4.79 Å². The summed E-state index contributed by atoms with van der Waals surface area (Å²) in [6.07, 6.45) is 9.51. The Balaban J connectivity index is 2.03. The van der Waals surface area contributed by atoms with Gasteiger partial charge in [0, 0.05) is 6.42 Å². The summed E-state index contributed by atoms with van der Waals surface area (Å²) in [5.41, 5.74) is 6.59. The van der Waals surface area contributed by atoms with Crippen LogP contribution in [0.4, 0.5) is 0 Å². The van der Waals surface area contributed by atoms with E-state index in [2.05, 4.69) is 0 Å². The minimum absolute atomic E-state index is 0.0482. The summed E-state index contributed by atoms with van der Waals surface area (Å²) in [5.74, 6) is 0.168. The van der Waals surface area contributed by atoms with E-state index in [4.69, 9.17) is 10.2 Å². The third-order valence-electron chi connectivity index (χ3n) is 3.73. The van der Waals surface area contributed by atoms with Gasteiger partial charge in [0.15, 0.2) is 5.78 Å². The predicted molar refractivity (Wildman–Crippen MR) is 62.2 cm³/mol. The van der Waals surface area contributed by atoms with Gasteiger partial charge >= 0.3 is 0 Å². The van der Waals surface area contributed by atoms with Gasteiger partial charge in [-0.15, -0.1) is 0 Å². The van der Waals surface area contributed by atoms with E-state index < -0.39 is 0 Å². The number of Topliss-reactive ketones (excluding diaryl/α,β-unsaturated/α-hetero) is 1. The molecule has 1 aliphatic rings. The number of furan rings is 1. The quantitative estimate of drug-likeness (QED) is 0.795. The average molecular weight is 221 g/mol. The van der Waals surface area contributed by atoms with Crippen molar-refractivity contribution in [2.45, 2.75) is 38.5 Å². The first kappa shape index (κ1) is 11.4. The average Bonchev–Trinajstić information content (AvgIpc) is 2.84. The van der Waals surface area contributed by atoms with Crippen molar-refractivity contribution in [3.8, 4) is 0 Å². The molecule has 0 spiro atoms. The first-order chi connectivity index (χ1) is 7.76. The molecule has 1 aliphatic carbocycles. The van der Waals surface area contributed by atoms with Crippen molar-refractivity contribution >= 4 is 5.78 Å². The molecule has 1 fully saturated rings. The summed E-state index contributed by atoms with van der Waals surface area (Å²) >= 11 is 0. The third-order valence-corrected chi connectivity index (χ3v) is 3.73. The lowest BCUT2D eigenvalue weighted by atomic mass is 9.70. The van der Waals surface area contributed by atoms with Crippen molar-refractivity contribution in [1.82, 2.24) is 0 Å². The van der Waals surface area contributed by atoms with Gasteiger partial charge in [-0.05, 0) is 30.9 Å². The minimum Gasteiger partial charge on any atom is -0.472 e. The Morgan fingerprint density at radius 2 is 2.12 bits per heavy atom. The third kappa shape index (κ3) is 2.35. The Morgan fingerprint density at radius 3 is 2.69 bits per heavy atom. The highest BCUT2D eigenvalue weighted by molar-refractivity contribution is 5.96. The molecule has 88 valence electrons. The largest absolute Gasteiger partial charge is 0.472 e. The molecule has 16 heavy (non-hydrogen) atoms. The molecule has 0 aliphatic heterocycles. The topological polar surface area (TPSA) is 56.2 Å². The fourth-order valence-corrected chi connectivity index (χ4v) is 2.62. The fraction of sp³-hybridized carbons (Fsp3) is 0.615. The first-order valence-electron chi connectivity index (χ1n) is 6.01. The SMILES string of the molecule is NCC1(CC(=O)c2ccoc2)CCCCC1. The van der Waals surface area contributed by atoms with Crippen LogP contribution in [0.1, 0.15) is 48.9 Å². The highest BCUT2D eigenvalue weighted by Gasteiger charge is 2.33. The molecule has 0 bridgehead atoms.